The largest absolute Gasteiger partial charge is 0.369 e. The predicted octanol–water partition coefficient (Wildman–Crippen LogP) is 2.92. The molecule has 0 amide bonds. The van der Waals surface area contributed by atoms with Gasteiger partial charge < -0.3 is 9.80 Å². The van der Waals surface area contributed by atoms with Gasteiger partial charge in [0.2, 0.25) is 10.0 Å². The summed E-state index contributed by atoms with van der Waals surface area (Å²) >= 11 is 0. The second-order valence-corrected chi connectivity index (χ2v) is 12.2. The van der Waals surface area contributed by atoms with Crippen LogP contribution in [0.25, 0.3) is 0 Å². The fourth-order valence-corrected chi connectivity index (χ4v) is 6.93. The number of likely N-dealkylation sites (tertiary alicyclic amines) is 1. The molecule has 3 aliphatic rings. The van der Waals surface area contributed by atoms with Crippen LogP contribution in [0.1, 0.15) is 35.1 Å². The summed E-state index contributed by atoms with van der Waals surface area (Å²) in [7, 11) is 1.15. The van der Waals surface area contributed by atoms with Crippen molar-refractivity contribution in [3.8, 4) is 0 Å². The Labute approximate surface area is 203 Å². The first-order chi connectivity index (χ1) is 16.2. The Morgan fingerprint density at radius 1 is 0.971 bits per heavy atom. The highest BCUT2D eigenvalue weighted by atomic mass is 32.2. The number of piperazine rings is 1. The van der Waals surface area contributed by atoms with Gasteiger partial charge in [0.25, 0.3) is 0 Å². The lowest BCUT2D eigenvalue weighted by Crippen LogP contribution is -2.48. The van der Waals surface area contributed by atoms with Gasteiger partial charge in [0.1, 0.15) is 5.82 Å². The Bertz CT molecular complexity index is 1130. The highest BCUT2D eigenvalue weighted by Gasteiger charge is 2.41. The standard InChI is InChI=1S/C26H35FN4O2S/c1-28(2)25-18-30(24-12-9-20-5-4-6-23(27)26(20)24)17-22(25)19-7-10-21(11-8-19)29-13-15-31(16-14-29)34(3,32)33/h4-8,10-11,22,24-25H,9,12-18H2,1-3H3/t22-,24-,25+/m0/s1. The molecule has 2 aromatic carbocycles. The lowest BCUT2D eigenvalue weighted by molar-refractivity contribution is 0.213. The van der Waals surface area contributed by atoms with Crippen LogP contribution in [-0.4, -0.2) is 88.2 Å². The van der Waals surface area contributed by atoms with Crippen molar-refractivity contribution in [2.24, 2.45) is 0 Å². The Morgan fingerprint density at radius 3 is 2.32 bits per heavy atom. The molecule has 0 N–H and O–H groups in total. The second kappa shape index (κ2) is 9.22. The zero-order valence-corrected chi connectivity index (χ0v) is 21.1. The lowest BCUT2D eigenvalue weighted by atomic mass is 9.93. The summed E-state index contributed by atoms with van der Waals surface area (Å²) in [5.41, 5.74) is 4.52. The molecule has 8 heteroatoms. The van der Waals surface area contributed by atoms with Gasteiger partial charge >= 0.3 is 0 Å². The number of fused-ring (bicyclic) bond motifs is 1. The maximum atomic E-state index is 14.7. The van der Waals surface area contributed by atoms with Crippen LogP contribution < -0.4 is 4.90 Å². The van der Waals surface area contributed by atoms with E-state index in [-0.39, 0.29) is 11.9 Å². The fourth-order valence-electron chi connectivity index (χ4n) is 6.11. The number of likely N-dealkylation sites (N-methyl/N-ethyl adjacent to an activating group) is 1. The Morgan fingerprint density at radius 2 is 1.68 bits per heavy atom. The number of nitrogens with zero attached hydrogens (tertiary/aromatic N) is 4. The van der Waals surface area contributed by atoms with Crippen molar-refractivity contribution in [3.63, 3.8) is 0 Å². The zero-order chi connectivity index (χ0) is 24.0. The summed E-state index contributed by atoms with van der Waals surface area (Å²) < 4.78 is 39.8. The number of rotatable bonds is 5. The number of benzene rings is 2. The van der Waals surface area contributed by atoms with E-state index in [2.05, 4.69) is 59.1 Å². The molecule has 2 saturated heterocycles. The minimum absolute atomic E-state index is 0.0647. The van der Waals surface area contributed by atoms with E-state index >= 15 is 0 Å². The third kappa shape index (κ3) is 4.49. The minimum Gasteiger partial charge on any atom is -0.369 e. The molecule has 2 heterocycles. The second-order valence-electron chi connectivity index (χ2n) is 10.2. The lowest BCUT2D eigenvalue weighted by Gasteiger charge is -2.35. The van der Waals surface area contributed by atoms with Gasteiger partial charge in [-0.2, -0.15) is 4.31 Å². The van der Waals surface area contributed by atoms with Crippen LogP contribution >= 0.6 is 0 Å². The molecular weight excluding hydrogens is 451 g/mol. The molecular formula is C26H35FN4O2S. The summed E-state index contributed by atoms with van der Waals surface area (Å²) in [6.07, 6.45) is 3.22. The predicted molar refractivity (Wildman–Crippen MR) is 134 cm³/mol. The van der Waals surface area contributed by atoms with E-state index in [4.69, 9.17) is 0 Å². The summed E-state index contributed by atoms with van der Waals surface area (Å²) in [6.45, 7) is 4.33. The maximum absolute atomic E-state index is 14.7. The Hall–Kier alpha value is -2.00. The van der Waals surface area contributed by atoms with Crippen molar-refractivity contribution in [1.82, 2.24) is 14.1 Å². The Balaban J connectivity index is 1.31. The average molecular weight is 487 g/mol. The fraction of sp³-hybridized carbons (Fsp3) is 0.538. The first-order valence-electron chi connectivity index (χ1n) is 12.2. The van der Waals surface area contributed by atoms with Crippen LogP contribution in [0.15, 0.2) is 42.5 Å². The normalized spacial score (nSPS) is 26.4. The Kier molecular flexibility index (Phi) is 6.44. The number of aryl methyl sites for hydroxylation is 1. The molecule has 5 rings (SSSR count). The third-order valence-electron chi connectivity index (χ3n) is 7.98. The molecule has 0 aromatic heterocycles. The van der Waals surface area contributed by atoms with Gasteiger partial charge in [-0.15, -0.1) is 0 Å². The van der Waals surface area contributed by atoms with E-state index in [0.29, 0.717) is 38.1 Å². The molecule has 34 heavy (non-hydrogen) atoms. The third-order valence-corrected chi connectivity index (χ3v) is 9.28. The topological polar surface area (TPSA) is 47.1 Å². The molecule has 2 fully saturated rings. The minimum atomic E-state index is -3.12. The number of halogens is 1. The summed E-state index contributed by atoms with van der Waals surface area (Å²) in [6, 6.07) is 14.8. The van der Waals surface area contributed by atoms with Gasteiger partial charge in [-0.1, -0.05) is 24.3 Å². The first kappa shape index (κ1) is 23.7. The number of sulfonamides is 1. The highest BCUT2D eigenvalue weighted by Crippen LogP contribution is 2.42. The molecule has 3 atom stereocenters. The van der Waals surface area contributed by atoms with Gasteiger partial charge in [-0.3, -0.25) is 4.90 Å². The molecule has 1 aliphatic carbocycles. The van der Waals surface area contributed by atoms with Crippen molar-refractivity contribution in [1.29, 1.82) is 0 Å². The van der Waals surface area contributed by atoms with Crippen LogP contribution in [0.5, 0.6) is 0 Å². The molecule has 0 unspecified atom stereocenters. The van der Waals surface area contributed by atoms with Crippen LogP contribution in [0.4, 0.5) is 10.1 Å². The van der Waals surface area contributed by atoms with E-state index in [1.807, 2.05) is 6.07 Å². The molecule has 0 radical (unpaired) electrons. The van der Waals surface area contributed by atoms with Gasteiger partial charge in [0.05, 0.1) is 6.26 Å². The van der Waals surface area contributed by atoms with E-state index in [9.17, 15) is 12.8 Å². The van der Waals surface area contributed by atoms with E-state index < -0.39 is 10.0 Å². The van der Waals surface area contributed by atoms with Crippen molar-refractivity contribution >= 4 is 15.7 Å². The highest BCUT2D eigenvalue weighted by molar-refractivity contribution is 7.88. The number of anilines is 1. The SMILES string of the molecule is CN(C)[C@@H]1CN([C@H]2CCc3cccc(F)c32)C[C@H]1c1ccc(N2CCN(S(C)(=O)=O)CC2)cc1. The van der Waals surface area contributed by atoms with Gasteiger partial charge in [-0.25, -0.2) is 12.8 Å². The van der Waals surface area contributed by atoms with Crippen LogP contribution in [0.3, 0.4) is 0 Å². The van der Waals surface area contributed by atoms with Gasteiger partial charge in [-0.05, 0) is 56.3 Å². The smallest absolute Gasteiger partial charge is 0.211 e. The van der Waals surface area contributed by atoms with Crippen LogP contribution in [0.2, 0.25) is 0 Å². The molecule has 0 saturated carbocycles. The van der Waals surface area contributed by atoms with Crippen molar-refractivity contribution < 1.29 is 12.8 Å². The summed E-state index contributed by atoms with van der Waals surface area (Å²) in [4.78, 5) is 7.05. The monoisotopic (exact) mass is 486 g/mol. The van der Waals surface area contributed by atoms with Crippen molar-refractivity contribution in [3.05, 3.63) is 65.0 Å². The van der Waals surface area contributed by atoms with Crippen molar-refractivity contribution in [2.45, 2.75) is 30.8 Å². The van der Waals surface area contributed by atoms with Gasteiger partial charge in [0, 0.05) is 68.5 Å². The van der Waals surface area contributed by atoms with Crippen LogP contribution in [0, 0.1) is 5.82 Å². The van der Waals surface area contributed by atoms with Gasteiger partial charge in [0.15, 0.2) is 0 Å². The van der Waals surface area contributed by atoms with E-state index in [0.717, 1.165) is 42.7 Å². The molecule has 184 valence electrons. The number of hydrogen-bond donors (Lipinski definition) is 0. The van der Waals surface area contributed by atoms with Crippen molar-refractivity contribution in [2.75, 3.05) is 64.5 Å². The molecule has 0 bridgehead atoms. The number of hydrogen-bond acceptors (Lipinski definition) is 5. The quantitative estimate of drug-likeness (QED) is 0.651. The molecule has 6 nitrogen and oxygen atoms in total. The maximum Gasteiger partial charge on any atom is 0.211 e. The molecule has 0 spiro atoms. The summed E-state index contributed by atoms with van der Waals surface area (Å²) in [5.74, 6) is 0.298. The van der Waals surface area contributed by atoms with E-state index in [1.54, 1.807) is 10.4 Å². The molecule has 2 aromatic rings. The van der Waals surface area contributed by atoms with Crippen LogP contribution in [-0.2, 0) is 16.4 Å². The summed E-state index contributed by atoms with van der Waals surface area (Å²) in [5, 5.41) is 0. The molecule has 2 aliphatic heterocycles. The average Bonchev–Trinajstić information content (AvgIpc) is 3.44. The van der Waals surface area contributed by atoms with E-state index in [1.165, 1.54) is 11.8 Å². The first-order valence-corrected chi connectivity index (χ1v) is 14.0. The zero-order valence-electron chi connectivity index (χ0n) is 20.3.